The number of hydrogen-bond acceptors (Lipinski definition) is 7. The predicted octanol–water partition coefficient (Wildman–Crippen LogP) is 4.73. The topological polar surface area (TPSA) is 89.5 Å². The molecule has 2 heterocycles. The summed E-state index contributed by atoms with van der Waals surface area (Å²) >= 11 is 1.39. The van der Waals surface area contributed by atoms with Gasteiger partial charge < -0.3 is 4.74 Å². The summed E-state index contributed by atoms with van der Waals surface area (Å²) in [4.78, 5) is 24.0. The molecule has 0 saturated carbocycles. The molecule has 0 aliphatic heterocycles. The number of hydrogen-bond donors (Lipinski definition) is 0. The molecule has 0 saturated heterocycles. The van der Waals surface area contributed by atoms with Gasteiger partial charge in [0.15, 0.2) is 15.0 Å². The second kappa shape index (κ2) is 9.29. The minimum atomic E-state index is -3.42. The zero-order chi connectivity index (χ0) is 23.6. The highest BCUT2D eigenvalue weighted by Crippen LogP contribution is 2.33. The third-order valence-corrected chi connectivity index (χ3v) is 8.41. The lowest BCUT2D eigenvalue weighted by atomic mass is 10.2. The summed E-state index contributed by atoms with van der Waals surface area (Å²) in [6.07, 6.45) is 3.35. The van der Waals surface area contributed by atoms with E-state index in [4.69, 9.17) is 4.74 Å². The fourth-order valence-electron chi connectivity index (χ4n) is 3.25. The largest absolute Gasteiger partial charge is 0.497 e. The molecule has 0 aliphatic rings. The summed E-state index contributed by atoms with van der Waals surface area (Å²) < 4.78 is 31.1. The van der Waals surface area contributed by atoms with Gasteiger partial charge in [-0.2, -0.15) is 0 Å². The van der Waals surface area contributed by atoms with Gasteiger partial charge in [-0.05, 0) is 74.0 Å². The fourth-order valence-corrected chi connectivity index (χ4v) is 5.30. The molecule has 7 nitrogen and oxygen atoms in total. The molecule has 0 N–H and O–H groups in total. The van der Waals surface area contributed by atoms with Gasteiger partial charge in [-0.1, -0.05) is 11.3 Å². The van der Waals surface area contributed by atoms with Gasteiger partial charge in [0.2, 0.25) is 0 Å². The number of benzene rings is 2. The standard InChI is InChI=1S/C24H23N3O4S2/c1-16(2)33(29,30)20-7-4-18(5-8-20)23(28)27(15-17-10-12-25-13-11-17)24-26-21-9-6-19(31-3)14-22(21)32-24/h4-14,16H,15H2,1-3H3. The van der Waals surface area contributed by atoms with Gasteiger partial charge >= 0.3 is 0 Å². The number of pyridine rings is 1. The second-order valence-electron chi connectivity index (χ2n) is 7.69. The Morgan fingerprint density at radius 2 is 1.76 bits per heavy atom. The monoisotopic (exact) mass is 481 g/mol. The molecule has 0 atom stereocenters. The first kappa shape index (κ1) is 22.9. The van der Waals surface area contributed by atoms with Crippen molar-refractivity contribution in [2.75, 3.05) is 12.0 Å². The van der Waals surface area contributed by atoms with Crippen LogP contribution in [0.5, 0.6) is 5.75 Å². The third kappa shape index (κ3) is 4.74. The Balaban J connectivity index is 1.72. The van der Waals surface area contributed by atoms with Crippen LogP contribution >= 0.6 is 11.3 Å². The zero-order valence-electron chi connectivity index (χ0n) is 18.4. The Morgan fingerprint density at radius 3 is 2.39 bits per heavy atom. The number of fused-ring (bicyclic) bond motifs is 1. The highest BCUT2D eigenvalue weighted by molar-refractivity contribution is 7.92. The molecule has 0 spiro atoms. The van der Waals surface area contributed by atoms with Crippen molar-refractivity contribution in [1.82, 2.24) is 9.97 Å². The summed E-state index contributed by atoms with van der Waals surface area (Å²) in [7, 11) is -1.82. The van der Waals surface area contributed by atoms with Gasteiger partial charge in [-0.15, -0.1) is 0 Å². The molecule has 0 bridgehead atoms. The lowest BCUT2D eigenvalue weighted by Crippen LogP contribution is -2.30. The molecular formula is C24H23N3O4S2. The van der Waals surface area contributed by atoms with Crippen LogP contribution < -0.4 is 9.64 Å². The van der Waals surface area contributed by atoms with Crippen molar-refractivity contribution < 1.29 is 17.9 Å². The molecule has 33 heavy (non-hydrogen) atoms. The fraction of sp³-hybridized carbons (Fsp3) is 0.208. The first-order valence-corrected chi connectivity index (χ1v) is 12.6. The molecule has 4 rings (SSSR count). The number of anilines is 1. The Kier molecular flexibility index (Phi) is 6.44. The summed E-state index contributed by atoms with van der Waals surface area (Å²) in [6.45, 7) is 3.56. The number of carbonyl (C=O) groups is 1. The van der Waals surface area contributed by atoms with E-state index in [0.717, 1.165) is 15.8 Å². The predicted molar refractivity (Wildman–Crippen MR) is 130 cm³/mol. The molecule has 0 aliphatic carbocycles. The summed E-state index contributed by atoms with van der Waals surface area (Å²) in [5.74, 6) is 0.443. The normalized spacial score (nSPS) is 11.6. The molecule has 9 heteroatoms. The Hall–Kier alpha value is -3.30. The molecule has 170 valence electrons. The number of methoxy groups -OCH3 is 1. The van der Waals surface area contributed by atoms with Gasteiger partial charge in [0.25, 0.3) is 5.91 Å². The average molecular weight is 482 g/mol. The number of thiazole rings is 1. The minimum absolute atomic E-state index is 0.196. The molecule has 4 aromatic rings. The average Bonchev–Trinajstić information content (AvgIpc) is 3.25. The third-order valence-electron chi connectivity index (χ3n) is 5.20. The quantitative estimate of drug-likeness (QED) is 0.379. The Labute approximate surface area is 196 Å². The van der Waals surface area contributed by atoms with E-state index in [2.05, 4.69) is 9.97 Å². The first-order valence-electron chi connectivity index (χ1n) is 10.3. The Bertz CT molecular complexity index is 1380. The van der Waals surface area contributed by atoms with Gasteiger partial charge in [-0.3, -0.25) is 14.7 Å². The Morgan fingerprint density at radius 1 is 1.06 bits per heavy atom. The van der Waals surface area contributed by atoms with E-state index in [-0.39, 0.29) is 10.8 Å². The van der Waals surface area contributed by atoms with Crippen LogP contribution in [0.25, 0.3) is 10.2 Å². The van der Waals surface area contributed by atoms with Crippen molar-refractivity contribution >= 4 is 42.4 Å². The van der Waals surface area contributed by atoms with Crippen LogP contribution in [0.1, 0.15) is 29.8 Å². The summed E-state index contributed by atoms with van der Waals surface area (Å²) in [6, 6.07) is 15.3. The molecular weight excluding hydrogens is 458 g/mol. The minimum Gasteiger partial charge on any atom is -0.497 e. The number of aromatic nitrogens is 2. The van der Waals surface area contributed by atoms with Crippen LogP contribution in [-0.2, 0) is 16.4 Å². The van der Waals surface area contributed by atoms with Crippen molar-refractivity contribution in [3.8, 4) is 5.75 Å². The number of carbonyl (C=O) groups excluding carboxylic acids is 1. The maximum atomic E-state index is 13.5. The number of rotatable bonds is 7. The van der Waals surface area contributed by atoms with E-state index in [1.54, 1.807) is 50.4 Å². The van der Waals surface area contributed by atoms with E-state index < -0.39 is 15.1 Å². The molecule has 0 unspecified atom stereocenters. The smallest absolute Gasteiger partial charge is 0.260 e. The van der Waals surface area contributed by atoms with E-state index in [0.29, 0.717) is 23.0 Å². The van der Waals surface area contributed by atoms with Gasteiger partial charge in [0, 0.05) is 18.0 Å². The number of nitrogens with zero attached hydrogens (tertiary/aromatic N) is 3. The van der Waals surface area contributed by atoms with Crippen LogP contribution in [-0.4, -0.2) is 36.7 Å². The van der Waals surface area contributed by atoms with Crippen molar-refractivity contribution in [2.24, 2.45) is 0 Å². The highest BCUT2D eigenvalue weighted by atomic mass is 32.2. The SMILES string of the molecule is COc1ccc2nc(N(Cc3ccncc3)C(=O)c3ccc(S(=O)(=O)C(C)C)cc3)sc2c1. The molecule has 1 amide bonds. The lowest BCUT2D eigenvalue weighted by Gasteiger charge is -2.20. The van der Waals surface area contributed by atoms with Crippen molar-refractivity contribution in [3.05, 3.63) is 78.1 Å². The van der Waals surface area contributed by atoms with Gasteiger partial charge in [-0.25, -0.2) is 13.4 Å². The van der Waals surface area contributed by atoms with Crippen LogP contribution in [0, 0.1) is 0 Å². The van der Waals surface area contributed by atoms with E-state index in [9.17, 15) is 13.2 Å². The van der Waals surface area contributed by atoms with E-state index >= 15 is 0 Å². The molecule has 0 radical (unpaired) electrons. The number of sulfone groups is 1. The molecule has 0 fully saturated rings. The lowest BCUT2D eigenvalue weighted by molar-refractivity contribution is 0.0985. The number of amides is 1. The summed E-state index contributed by atoms with van der Waals surface area (Å²) in [5.41, 5.74) is 2.04. The molecule has 2 aromatic carbocycles. The van der Waals surface area contributed by atoms with Crippen LogP contribution in [0.3, 0.4) is 0 Å². The van der Waals surface area contributed by atoms with Gasteiger partial charge in [0.05, 0.1) is 34.0 Å². The van der Waals surface area contributed by atoms with Crippen LogP contribution in [0.4, 0.5) is 5.13 Å². The van der Waals surface area contributed by atoms with Gasteiger partial charge in [0.1, 0.15) is 5.75 Å². The van der Waals surface area contributed by atoms with E-state index in [1.807, 2.05) is 30.3 Å². The number of ether oxygens (including phenoxy) is 1. The maximum absolute atomic E-state index is 13.5. The van der Waals surface area contributed by atoms with Crippen LogP contribution in [0.15, 0.2) is 71.9 Å². The molecule has 2 aromatic heterocycles. The zero-order valence-corrected chi connectivity index (χ0v) is 20.1. The first-order chi connectivity index (χ1) is 15.8. The van der Waals surface area contributed by atoms with Crippen molar-refractivity contribution in [3.63, 3.8) is 0 Å². The van der Waals surface area contributed by atoms with E-state index in [1.165, 1.54) is 23.5 Å². The van der Waals surface area contributed by atoms with Crippen molar-refractivity contribution in [2.45, 2.75) is 30.5 Å². The highest BCUT2D eigenvalue weighted by Gasteiger charge is 2.24. The second-order valence-corrected chi connectivity index (χ2v) is 11.2. The maximum Gasteiger partial charge on any atom is 0.260 e. The van der Waals surface area contributed by atoms with Crippen LogP contribution in [0.2, 0.25) is 0 Å². The summed E-state index contributed by atoms with van der Waals surface area (Å²) in [5, 5.41) is 0.000855. The van der Waals surface area contributed by atoms with Crippen molar-refractivity contribution in [1.29, 1.82) is 0 Å².